The molecule has 0 amide bonds. The average molecular weight is 295 g/mol. The number of rotatable bonds is 4. The van der Waals surface area contributed by atoms with Gasteiger partial charge >= 0.3 is 5.97 Å². The maximum absolute atomic E-state index is 11.7. The molecule has 0 aliphatic rings. The topological polar surface area (TPSA) is 59.3 Å². The van der Waals surface area contributed by atoms with Gasteiger partial charge in [-0.15, -0.1) is 0 Å². The van der Waals surface area contributed by atoms with Crippen LogP contribution >= 0.6 is 0 Å². The van der Waals surface area contributed by atoms with Crippen LogP contribution in [0, 0.1) is 0 Å². The number of nitrogens with zero attached hydrogens (tertiary/aromatic N) is 1. The summed E-state index contributed by atoms with van der Waals surface area (Å²) in [7, 11) is 0. The molecule has 3 aromatic rings. The van der Waals surface area contributed by atoms with Gasteiger partial charge in [0.25, 0.3) is 5.78 Å². The monoisotopic (exact) mass is 295 g/mol. The van der Waals surface area contributed by atoms with Crippen molar-refractivity contribution in [3.05, 3.63) is 48.0 Å². The fourth-order valence-corrected chi connectivity index (χ4v) is 2.93. The lowest BCUT2D eigenvalue weighted by atomic mass is 10.1. The van der Waals surface area contributed by atoms with Crippen molar-refractivity contribution in [1.29, 1.82) is 0 Å². The first-order chi connectivity index (χ1) is 10.5. The van der Waals surface area contributed by atoms with Crippen molar-refractivity contribution < 1.29 is 14.7 Å². The van der Waals surface area contributed by atoms with E-state index >= 15 is 0 Å². The van der Waals surface area contributed by atoms with E-state index < -0.39 is 11.8 Å². The molecule has 4 heteroatoms. The molecule has 0 saturated carbocycles. The minimum absolute atomic E-state index is 0.215. The first-order valence-electron chi connectivity index (χ1n) is 7.35. The predicted octanol–water partition coefficient (Wildman–Crippen LogP) is 4.03. The van der Waals surface area contributed by atoms with Crippen molar-refractivity contribution in [2.45, 2.75) is 26.3 Å². The summed E-state index contributed by atoms with van der Waals surface area (Å²) in [6.07, 6.45) is 0.990. The van der Waals surface area contributed by atoms with Crippen LogP contribution in [0.5, 0.6) is 0 Å². The van der Waals surface area contributed by atoms with Gasteiger partial charge in [0.05, 0.1) is 0 Å². The van der Waals surface area contributed by atoms with Gasteiger partial charge in [0.2, 0.25) is 0 Å². The number of hydrogen-bond acceptors (Lipinski definition) is 2. The third-order valence-corrected chi connectivity index (χ3v) is 4.20. The molecule has 4 nitrogen and oxygen atoms in total. The lowest BCUT2D eigenvalue weighted by Gasteiger charge is -2.14. The van der Waals surface area contributed by atoms with Gasteiger partial charge in [-0.05, 0) is 37.6 Å². The van der Waals surface area contributed by atoms with Gasteiger partial charge in [-0.2, -0.15) is 0 Å². The number of benzene rings is 2. The Hall–Kier alpha value is -2.62. The van der Waals surface area contributed by atoms with Crippen LogP contribution < -0.4 is 0 Å². The molecule has 3 rings (SSSR count). The summed E-state index contributed by atoms with van der Waals surface area (Å²) in [4.78, 5) is 22.6. The van der Waals surface area contributed by atoms with Crippen molar-refractivity contribution in [2.24, 2.45) is 0 Å². The molecule has 0 spiro atoms. The highest BCUT2D eigenvalue weighted by atomic mass is 16.4. The molecular formula is C18H17NO3. The van der Waals surface area contributed by atoms with Crippen LogP contribution in [0.25, 0.3) is 21.8 Å². The largest absolute Gasteiger partial charge is 0.475 e. The third-order valence-electron chi connectivity index (χ3n) is 4.20. The number of aliphatic carboxylic acids is 1. The second-order valence-electron chi connectivity index (χ2n) is 5.51. The molecule has 112 valence electrons. The number of fused-ring (bicyclic) bond motifs is 3. The molecule has 0 fully saturated rings. The van der Waals surface area contributed by atoms with E-state index in [0.717, 1.165) is 28.2 Å². The van der Waals surface area contributed by atoms with Crippen LogP contribution in [-0.2, 0) is 4.79 Å². The Balaban J connectivity index is 2.36. The molecule has 0 radical (unpaired) electrons. The number of carbonyl (C=O) groups is 2. The molecule has 2 aromatic carbocycles. The Kier molecular flexibility index (Phi) is 3.45. The van der Waals surface area contributed by atoms with Gasteiger partial charge in [-0.1, -0.05) is 25.1 Å². The maximum atomic E-state index is 11.7. The Morgan fingerprint density at radius 2 is 1.77 bits per heavy atom. The molecular weight excluding hydrogens is 278 g/mol. The molecule has 1 N–H and O–H groups in total. The minimum atomic E-state index is -1.43. The molecule has 22 heavy (non-hydrogen) atoms. The van der Waals surface area contributed by atoms with Crippen molar-refractivity contribution in [2.75, 3.05) is 0 Å². The van der Waals surface area contributed by atoms with E-state index in [1.165, 1.54) is 0 Å². The molecule has 0 aliphatic carbocycles. The first-order valence-corrected chi connectivity index (χ1v) is 7.35. The number of para-hydroxylation sites is 1. The predicted molar refractivity (Wildman–Crippen MR) is 86.4 cm³/mol. The summed E-state index contributed by atoms with van der Waals surface area (Å²) in [5, 5.41) is 10.9. The number of ketones is 1. The zero-order valence-electron chi connectivity index (χ0n) is 12.5. The second kappa shape index (κ2) is 5.30. The number of carboxylic acids is 1. The van der Waals surface area contributed by atoms with E-state index in [1.807, 2.05) is 24.3 Å². The molecule has 1 unspecified atom stereocenters. The van der Waals surface area contributed by atoms with Crippen molar-refractivity contribution in [1.82, 2.24) is 4.57 Å². The summed E-state index contributed by atoms with van der Waals surface area (Å²) < 4.78 is 2.25. The maximum Gasteiger partial charge on any atom is 0.377 e. The number of aromatic nitrogens is 1. The number of Topliss-reactive ketones (excluding diaryl/α,β-unsaturated/α-hetero) is 1. The quantitative estimate of drug-likeness (QED) is 0.584. The Labute approximate surface area is 128 Å². The molecule has 0 aliphatic heterocycles. The fraction of sp³-hybridized carbons (Fsp3) is 0.222. The van der Waals surface area contributed by atoms with Crippen molar-refractivity contribution in [3.8, 4) is 0 Å². The van der Waals surface area contributed by atoms with Crippen LogP contribution in [0.3, 0.4) is 0 Å². The molecule has 0 saturated heterocycles. The SMILES string of the molecule is CCC(C)n1c2ccccc2c2cc(C(=O)C(=O)O)ccc21. The van der Waals surface area contributed by atoms with Gasteiger partial charge in [0.15, 0.2) is 0 Å². The van der Waals surface area contributed by atoms with E-state index in [0.29, 0.717) is 6.04 Å². The Morgan fingerprint density at radius 3 is 2.45 bits per heavy atom. The van der Waals surface area contributed by atoms with Gasteiger partial charge in [0, 0.05) is 33.4 Å². The first kappa shape index (κ1) is 14.3. The third kappa shape index (κ3) is 2.08. The summed E-state index contributed by atoms with van der Waals surface area (Å²) >= 11 is 0. The van der Waals surface area contributed by atoms with Gasteiger partial charge in [0.1, 0.15) is 0 Å². The van der Waals surface area contributed by atoms with E-state index in [4.69, 9.17) is 5.11 Å². The number of hydrogen-bond donors (Lipinski definition) is 1. The van der Waals surface area contributed by atoms with Gasteiger partial charge in [-0.3, -0.25) is 4.79 Å². The second-order valence-corrected chi connectivity index (χ2v) is 5.51. The standard InChI is InChI=1S/C18H17NO3/c1-3-11(2)19-15-7-5-4-6-13(15)14-10-12(8-9-16(14)19)17(20)18(21)22/h4-11H,3H2,1-2H3,(H,21,22). The van der Waals surface area contributed by atoms with E-state index in [9.17, 15) is 9.59 Å². The Morgan fingerprint density at radius 1 is 1.09 bits per heavy atom. The van der Waals surface area contributed by atoms with Crippen LogP contribution in [0.1, 0.15) is 36.7 Å². The highest BCUT2D eigenvalue weighted by Gasteiger charge is 2.18. The summed E-state index contributed by atoms with van der Waals surface area (Å²) in [5.74, 6) is -2.30. The zero-order valence-corrected chi connectivity index (χ0v) is 12.5. The van der Waals surface area contributed by atoms with Crippen molar-refractivity contribution in [3.63, 3.8) is 0 Å². The smallest absolute Gasteiger partial charge is 0.377 e. The van der Waals surface area contributed by atoms with E-state index in [1.54, 1.807) is 12.1 Å². The summed E-state index contributed by atoms with van der Waals surface area (Å²) in [6.45, 7) is 4.29. The lowest BCUT2D eigenvalue weighted by molar-refractivity contribution is -0.131. The molecule has 1 atom stereocenters. The van der Waals surface area contributed by atoms with Gasteiger partial charge < -0.3 is 9.67 Å². The van der Waals surface area contributed by atoms with Crippen LogP contribution in [0.4, 0.5) is 0 Å². The van der Waals surface area contributed by atoms with E-state index in [-0.39, 0.29) is 5.56 Å². The van der Waals surface area contributed by atoms with Gasteiger partial charge in [-0.25, -0.2) is 4.79 Å². The highest BCUT2D eigenvalue weighted by molar-refractivity contribution is 6.40. The fourth-order valence-electron chi connectivity index (χ4n) is 2.93. The minimum Gasteiger partial charge on any atom is -0.475 e. The lowest BCUT2D eigenvalue weighted by Crippen LogP contribution is -2.12. The number of carboxylic acid groups (broad SMARTS) is 1. The van der Waals surface area contributed by atoms with Crippen LogP contribution in [-0.4, -0.2) is 21.4 Å². The van der Waals surface area contributed by atoms with Crippen LogP contribution in [0.2, 0.25) is 0 Å². The summed E-state index contributed by atoms with van der Waals surface area (Å²) in [5.41, 5.74) is 2.34. The summed E-state index contributed by atoms with van der Waals surface area (Å²) in [6, 6.07) is 13.5. The zero-order chi connectivity index (χ0) is 15.9. The van der Waals surface area contributed by atoms with E-state index in [2.05, 4.69) is 24.5 Å². The number of carbonyl (C=O) groups excluding carboxylic acids is 1. The van der Waals surface area contributed by atoms with Crippen molar-refractivity contribution >= 4 is 33.6 Å². The Bertz CT molecular complexity index is 892. The normalized spacial score (nSPS) is 12.6. The molecule has 0 bridgehead atoms. The average Bonchev–Trinajstić information content (AvgIpc) is 2.87. The van der Waals surface area contributed by atoms with Crippen LogP contribution in [0.15, 0.2) is 42.5 Å². The molecule has 1 heterocycles. The molecule has 1 aromatic heterocycles. The highest BCUT2D eigenvalue weighted by Crippen LogP contribution is 2.33.